The fourth-order valence-corrected chi connectivity index (χ4v) is 1.98. The van der Waals surface area contributed by atoms with Crippen LogP contribution >= 0.6 is 0 Å². The van der Waals surface area contributed by atoms with E-state index >= 15 is 0 Å². The molecule has 2 unspecified atom stereocenters. The van der Waals surface area contributed by atoms with Gasteiger partial charge in [0.05, 0.1) is 6.04 Å². The lowest BCUT2D eigenvalue weighted by Crippen LogP contribution is -2.47. The van der Waals surface area contributed by atoms with Crippen molar-refractivity contribution in [3.8, 4) is 0 Å². The predicted octanol–water partition coefficient (Wildman–Crippen LogP) is 0.585. The van der Waals surface area contributed by atoms with Crippen LogP contribution in [0.2, 0.25) is 0 Å². The molecule has 1 heterocycles. The van der Waals surface area contributed by atoms with Gasteiger partial charge >= 0.3 is 0 Å². The van der Waals surface area contributed by atoms with E-state index in [1.807, 2.05) is 0 Å². The highest BCUT2D eigenvalue weighted by molar-refractivity contribution is 5.81. The van der Waals surface area contributed by atoms with Gasteiger partial charge in [0, 0.05) is 12.6 Å². The van der Waals surface area contributed by atoms with Gasteiger partial charge in [0.25, 0.3) is 0 Å². The van der Waals surface area contributed by atoms with Crippen molar-refractivity contribution >= 4 is 5.91 Å². The predicted molar refractivity (Wildman–Crippen MR) is 66.4 cm³/mol. The highest BCUT2D eigenvalue weighted by Crippen LogP contribution is 2.07. The van der Waals surface area contributed by atoms with Crippen molar-refractivity contribution < 1.29 is 4.79 Å². The molecule has 1 fully saturated rings. The first-order valence-corrected chi connectivity index (χ1v) is 6.28. The molecule has 1 saturated heterocycles. The maximum Gasteiger partial charge on any atom is 0.237 e. The Hall–Kier alpha value is -0.610. The molecule has 0 bridgehead atoms. The Balaban J connectivity index is 2.30. The van der Waals surface area contributed by atoms with E-state index in [4.69, 9.17) is 0 Å². The Morgan fingerprint density at radius 1 is 1.50 bits per heavy atom. The summed E-state index contributed by atoms with van der Waals surface area (Å²) in [6.07, 6.45) is 4.29. The largest absolute Gasteiger partial charge is 0.355 e. The molecule has 4 heteroatoms. The smallest absolute Gasteiger partial charge is 0.237 e. The molecule has 16 heavy (non-hydrogen) atoms. The van der Waals surface area contributed by atoms with Crippen molar-refractivity contribution in [2.75, 3.05) is 27.2 Å². The summed E-state index contributed by atoms with van der Waals surface area (Å²) in [6, 6.07) is 0.413. The zero-order valence-electron chi connectivity index (χ0n) is 10.8. The summed E-state index contributed by atoms with van der Waals surface area (Å²) in [5.74, 6) is 0.175. The molecule has 0 aromatic rings. The monoisotopic (exact) mass is 227 g/mol. The maximum atomic E-state index is 11.7. The van der Waals surface area contributed by atoms with E-state index in [0.717, 1.165) is 38.8 Å². The lowest BCUT2D eigenvalue weighted by Gasteiger charge is -2.22. The van der Waals surface area contributed by atoms with Crippen LogP contribution in [-0.4, -0.2) is 50.1 Å². The van der Waals surface area contributed by atoms with Gasteiger partial charge in [0.1, 0.15) is 0 Å². The van der Waals surface area contributed by atoms with Crippen molar-refractivity contribution in [3.05, 3.63) is 0 Å². The third-order valence-corrected chi connectivity index (χ3v) is 3.03. The molecule has 2 N–H and O–H groups in total. The Morgan fingerprint density at radius 2 is 2.25 bits per heavy atom. The molecule has 1 rings (SSSR count). The van der Waals surface area contributed by atoms with Gasteiger partial charge in [-0.2, -0.15) is 0 Å². The number of nitrogens with zero attached hydrogens (tertiary/aromatic N) is 1. The minimum absolute atomic E-state index is 0.0136. The number of amides is 1. The molecule has 0 radical (unpaired) electrons. The summed E-state index contributed by atoms with van der Waals surface area (Å²) in [5, 5.41) is 6.38. The average Bonchev–Trinajstić information content (AvgIpc) is 2.42. The van der Waals surface area contributed by atoms with E-state index < -0.39 is 0 Å². The molecule has 0 aliphatic carbocycles. The molecule has 0 spiro atoms. The summed E-state index contributed by atoms with van der Waals surface area (Å²) < 4.78 is 0. The molecule has 1 aliphatic heterocycles. The van der Waals surface area contributed by atoms with E-state index in [0.29, 0.717) is 6.04 Å². The van der Waals surface area contributed by atoms with E-state index in [-0.39, 0.29) is 11.9 Å². The molecule has 0 aromatic carbocycles. The summed E-state index contributed by atoms with van der Waals surface area (Å²) in [5.41, 5.74) is 0. The van der Waals surface area contributed by atoms with Crippen LogP contribution in [-0.2, 0) is 4.79 Å². The third-order valence-electron chi connectivity index (χ3n) is 3.03. The van der Waals surface area contributed by atoms with Gasteiger partial charge in [0.2, 0.25) is 5.91 Å². The van der Waals surface area contributed by atoms with E-state index in [1.165, 1.54) is 0 Å². The van der Waals surface area contributed by atoms with Gasteiger partial charge < -0.3 is 15.5 Å². The summed E-state index contributed by atoms with van der Waals surface area (Å²) in [4.78, 5) is 13.9. The molecular formula is C12H25N3O. The van der Waals surface area contributed by atoms with Gasteiger partial charge in [-0.05, 0) is 53.2 Å². The second-order valence-corrected chi connectivity index (χ2v) is 5.00. The number of rotatable bonds is 5. The Labute approximate surface area is 98.8 Å². The van der Waals surface area contributed by atoms with Crippen LogP contribution in [0.4, 0.5) is 0 Å². The zero-order chi connectivity index (χ0) is 12.0. The van der Waals surface area contributed by atoms with E-state index in [1.54, 1.807) is 0 Å². The molecule has 2 atom stereocenters. The zero-order valence-corrected chi connectivity index (χ0v) is 10.8. The molecule has 0 aromatic heterocycles. The molecule has 94 valence electrons. The number of nitrogens with one attached hydrogen (secondary N) is 2. The summed E-state index contributed by atoms with van der Waals surface area (Å²) in [7, 11) is 4.15. The first kappa shape index (κ1) is 13.5. The van der Waals surface area contributed by atoms with Crippen LogP contribution in [0.3, 0.4) is 0 Å². The Morgan fingerprint density at radius 3 is 2.94 bits per heavy atom. The van der Waals surface area contributed by atoms with Crippen LogP contribution < -0.4 is 10.6 Å². The molecular weight excluding hydrogens is 202 g/mol. The number of carbonyl (C=O) groups excluding carboxylic acids is 1. The molecule has 1 aliphatic rings. The SMILES string of the molecule is CC(CCN(C)C)NC1CCCCNC1=O. The van der Waals surface area contributed by atoms with Gasteiger partial charge in [-0.3, -0.25) is 4.79 Å². The third kappa shape index (κ3) is 4.94. The highest BCUT2D eigenvalue weighted by atomic mass is 16.2. The second-order valence-electron chi connectivity index (χ2n) is 5.00. The number of hydrogen-bond donors (Lipinski definition) is 2. The van der Waals surface area contributed by atoms with Crippen molar-refractivity contribution in [1.82, 2.24) is 15.5 Å². The van der Waals surface area contributed by atoms with Crippen molar-refractivity contribution in [1.29, 1.82) is 0 Å². The minimum Gasteiger partial charge on any atom is -0.355 e. The number of hydrogen-bond acceptors (Lipinski definition) is 3. The first-order chi connectivity index (χ1) is 7.59. The quantitative estimate of drug-likeness (QED) is 0.722. The van der Waals surface area contributed by atoms with Gasteiger partial charge in [-0.25, -0.2) is 0 Å². The summed E-state index contributed by atoms with van der Waals surface area (Å²) >= 11 is 0. The van der Waals surface area contributed by atoms with Crippen LogP contribution in [0.5, 0.6) is 0 Å². The Bertz CT molecular complexity index is 218. The van der Waals surface area contributed by atoms with Crippen molar-refractivity contribution in [3.63, 3.8) is 0 Å². The van der Waals surface area contributed by atoms with Crippen molar-refractivity contribution in [2.45, 2.75) is 44.7 Å². The molecule has 4 nitrogen and oxygen atoms in total. The summed E-state index contributed by atoms with van der Waals surface area (Å²) in [6.45, 7) is 4.05. The lowest BCUT2D eigenvalue weighted by molar-refractivity contribution is -0.123. The Kier molecular flexibility index (Phi) is 5.77. The number of carbonyl (C=O) groups is 1. The lowest BCUT2D eigenvalue weighted by atomic mass is 10.1. The van der Waals surface area contributed by atoms with Crippen LogP contribution in [0, 0.1) is 0 Å². The fraction of sp³-hybridized carbons (Fsp3) is 0.917. The standard InChI is InChI=1S/C12H25N3O/c1-10(7-9-15(2)3)14-11-6-4-5-8-13-12(11)16/h10-11,14H,4-9H2,1-3H3,(H,13,16). The van der Waals surface area contributed by atoms with Crippen LogP contribution in [0.15, 0.2) is 0 Å². The molecule has 0 saturated carbocycles. The van der Waals surface area contributed by atoms with Crippen LogP contribution in [0.1, 0.15) is 32.6 Å². The molecule has 1 amide bonds. The first-order valence-electron chi connectivity index (χ1n) is 6.28. The second kappa shape index (κ2) is 6.86. The van der Waals surface area contributed by atoms with E-state index in [2.05, 4.69) is 36.6 Å². The van der Waals surface area contributed by atoms with Crippen LogP contribution in [0.25, 0.3) is 0 Å². The topological polar surface area (TPSA) is 44.4 Å². The van der Waals surface area contributed by atoms with Crippen molar-refractivity contribution in [2.24, 2.45) is 0 Å². The normalized spacial score (nSPS) is 24.0. The highest BCUT2D eigenvalue weighted by Gasteiger charge is 2.21. The van der Waals surface area contributed by atoms with E-state index in [9.17, 15) is 4.79 Å². The average molecular weight is 227 g/mol. The van der Waals surface area contributed by atoms with Gasteiger partial charge in [-0.15, -0.1) is 0 Å². The fourth-order valence-electron chi connectivity index (χ4n) is 1.98. The maximum absolute atomic E-state index is 11.7. The van der Waals surface area contributed by atoms with Gasteiger partial charge in [0.15, 0.2) is 0 Å². The van der Waals surface area contributed by atoms with Gasteiger partial charge in [-0.1, -0.05) is 0 Å². The minimum atomic E-state index is 0.0136.